The van der Waals surface area contributed by atoms with Crippen LogP contribution in [0.4, 0.5) is 4.39 Å². The smallest absolute Gasteiger partial charge is 0.213 e. The molecule has 0 amide bonds. The molecule has 0 radical (unpaired) electrons. The van der Waals surface area contributed by atoms with Crippen molar-refractivity contribution >= 4 is 0 Å². The number of rotatable bonds is 3. The fourth-order valence-corrected chi connectivity index (χ4v) is 2.91. The summed E-state index contributed by atoms with van der Waals surface area (Å²) < 4.78 is 18.3. The molecule has 0 aromatic carbocycles. The Labute approximate surface area is 100 Å². The molecule has 2 fully saturated rings. The molecule has 92 valence electrons. The van der Waals surface area contributed by atoms with Crippen molar-refractivity contribution < 1.29 is 9.13 Å². The molecule has 3 heterocycles. The van der Waals surface area contributed by atoms with Gasteiger partial charge in [-0.25, -0.2) is 9.37 Å². The van der Waals surface area contributed by atoms with Crippen LogP contribution in [0, 0.1) is 11.7 Å². The summed E-state index contributed by atoms with van der Waals surface area (Å²) in [6.07, 6.45) is 6.23. The predicted molar refractivity (Wildman–Crippen MR) is 62.4 cm³/mol. The summed E-state index contributed by atoms with van der Waals surface area (Å²) in [5, 5.41) is 3.63. The zero-order valence-electron chi connectivity index (χ0n) is 9.73. The first kappa shape index (κ1) is 11.0. The number of piperidine rings is 1. The van der Waals surface area contributed by atoms with E-state index in [1.54, 1.807) is 6.07 Å². The minimum atomic E-state index is -0.324. The second kappa shape index (κ2) is 4.61. The van der Waals surface area contributed by atoms with Gasteiger partial charge in [0.2, 0.25) is 5.88 Å². The van der Waals surface area contributed by atoms with Crippen molar-refractivity contribution in [3.63, 3.8) is 0 Å². The Morgan fingerprint density at radius 1 is 1.29 bits per heavy atom. The highest BCUT2D eigenvalue weighted by molar-refractivity contribution is 5.10. The maximum Gasteiger partial charge on any atom is 0.213 e. The van der Waals surface area contributed by atoms with Gasteiger partial charge >= 0.3 is 0 Å². The Morgan fingerprint density at radius 3 is 3.00 bits per heavy atom. The van der Waals surface area contributed by atoms with Crippen molar-refractivity contribution in [2.45, 2.75) is 37.8 Å². The number of aromatic nitrogens is 1. The lowest BCUT2D eigenvalue weighted by Gasteiger charge is -2.29. The van der Waals surface area contributed by atoms with E-state index in [9.17, 15) is 4.39 Å². The number of pyridine rings is 1. The van der Waals surface area contributed by atoms with Crippen molar-refractivity contribution in [1.82, 2.24) is 10.3 Å². The lowest BCUT2D eigenvalue weighted by atomic mass is 9.93. The van der Waals surface area contributed by atoms with E-state index < -0.39 is 0 Å². The van der Waals surface area contributed by atoms with Crippen LogP contribution in [0.2, 0.25) is 0 Å². The van der Waals surface area contributed by atoms with E-state index in [1.807, 2.05) is 0 Å². The average molecular weight is 236 g/mol. The van der Waals surface area contributed by atoms with Crippen LogP contribution in [0.3, 0.4) is 0 Å². The monoisotopic (exact) mass is 236 g/mol. The molecule has 0 spiro atoms. The number of ether oxygens (including phenoxy) is 1. The summed E-state index contributed by atoms with van der Waals surface area (Å²) in [6, 6.07) is 4.31. The minimum absolute atomic E-state index is 0.324. The van der Waals surface area contributed by atoms with Gasteiger partial charge < -0.3 is 10.1 Å². The number of halogens is 1. The van der Waals surface area contributed by atoms with Crippen molar-refractivity contribution in [2.24, 2.45) is 5.92 Å². The standard InChI is InChI=1S/C13H17FN2O/c14-10-2-6-13(15-7-10)17-8-9-1-3-11-4-5-12(9)16-11/h2,6-7,9,11-12,16H,1,3-5,8H2/t9-,11?,12?/m1/s1. The first-order chi connectivity index (χ1) is 8.31. The van der Waals surface area contributed by atoms with Crippen LogP contribution < -0.4 is 10.1 Å². The quantitative estimate of drug-likeness (QED) is 0.873. The van der Waals surface area contributed by atoms with Crippen LogP contribution in [0.5, 0.6) is 5.88 Å². The van der Waals surface area contributed by atoms with E-state index >= 15 is 0 Å². The maximum absolute atomic E-state index is 12.7. The molecular formula is C13H17FN2O. The zero-order chi connectivity index (χ0) is 11.7. The lowest BCUT2D eigenvalue weighted by molar-refractivity contribution is 0.177. The molecule has 3 nitrogen and oxygen atoms in total. The molecule has 3 atom stereocenters. The highest BCUT2D eigenvalue weighted by Gasteiger charge is 2.35. The van der Waals surface area contributed by atoms with Crippen LogP contribution in [-0.4, -0.2) is 23.7 Å². The summed E-state index contributed by atoms with van der Waals surface area (Å²) in [5.41, 5.74) is 0. The second-order valence-electron chi connectivity index (χ2n) is 5.01. The topological polar surface area (TPSA) is 34.1 Å². The third-order valence-corrected chi connectivity index (χ3v) is 3.88. The third kappa shape index (κ3) is 2.41. The van der Waals surface area contributed by atoms with E-state index in [0.29, 0.717) is 24.4 Å². The number of hydrogen-bond acceptors (Lipinski definition) is 3. The summed E-state index contributed by atoms with van der Waals surface area (Å²) in [6.45, 7) is 0.684. The molecule has 2 aliphatic rings. The lowest BCUT2D eigenvalue weighted by Crippen LogP contribution is -2.42. The van der Waals surface area contributed by atoms with Crippen LogP contribution in [0.25, 0.3) is 0 Å². The fourth-order valence-electron chi connectivity index (χ4n) is 2.91. The van der Waals surface area contributed by atoms with Gasteiger partial charge in [-0.15, -0.1) is 0 Å². The van der Waals surface area contributed by atoms with Crippen molar-refractivity contribution in [3.05, 3.63) is 24.1 Å². The Kier molecular flexibility index (Phi) is 2.97. The highest BCUT2D eigenvalue weighted by Crippen LogP contribution is 2.31. The molecule has 2 unspecified atom stereocenters. The highest BCUT2D eigenvalue weighted by atomic mass is 19.1. The van der Waals surface area contributed by atoms with Crippen LogP contribution >= 0.6 is 0 Å². The molecule has 17 heavy (non-hydrogen) atoms. The first-order valence-corrected chi connectivity index (χ1v) is 6.31. The molecule has 0 saturated carbocycles. The SMILES string of the molecule is Fc1ccc(OC[C@H]2CCC3CCC2N3)nc1. The van der Waals surface area contributed by atoms with Gasteiger partial charge in [0.25, 0.3) is 0 Å². The normalized spacial score (nSPS) is 31.5. The van der Waals surface area contributed by atoms with E-state index in [-0.39, 0.29) is 5.82 Å². The maximum atomic E-state index is 12.7. The van der Waals surface area contributed by atoms with Gasteiger partial charge in [0.1, 0.15) is 5.82 Å². The van der Waals surface area contributed by atoms with Gasteiger partial charge in [-0.3, -0.25) is 0 Å². The number of hydrogen-bond donors (Lipinski definition) is 1. The van der Waals surface area contributed by atoms with E-state index in [2.05, 4.69) is 10.3 Å². The van der Waals surface area contributed by atoms with Crippen LogP contribution in [0.1, 0.15) is 25.7 Å². The van der Waals surface area contributed by atoms with Crippen molar-refractivity contribution in [1.29, 1.82) is 0 Å². The Bertz CT molecular complexity index is 382. The van der Waals surface area contributed by atoms with Crippen LogP contribution in [-0.2, 0) is 0 Å². The average Bonchev–Trinajstić information content (AvgIpc) is 2.73. The molecule has 1 aromatic heterocycles. The molecule has 2 aliphatic heterocycles. The fraction of sp³-hybridized carbons (Fsp3) is 0.615. The van der Waals surface area contributed by atoms with Gasteiger partial charge in [-0.05, 0) is 31.7 Å². The van der Waals surface area contributed by atoms with Gasteiger partial charge in [-0.1, -0.05) is 0 Å². The van der Waals surface area contributed by atoms with Crippen molar-refractivity contribution in [2.75, 3.05) is 6.61 Å². The number of fused-ring (bicyclic) bond motifs is 2. The van der Waals surface area contributed by atoms with Gasteiger partial charge in [0, 0.05) is 24.1 Å². The van der Waals surface area contributed by atoms with Gasteiger partial charge in [-0.2, -0.15) is 0 Å². The third-order valence-electron chi connectivity index (χ3n) is 3.88. The molecule has 2 saturated heterocycles. The van der Waals surface area contributed by atoms with Crippen molar-refractivity contribution in [3.8, 4) is 5.88 Å². The first-order valence-electron chi connectivity index (χ1n) is 6.31. The Morgan fingerprint density at radius 2 is 2.18 bits per heavy atom. The molecule has 3 rings (SSSR count). The second-order valence-corrected chi connectivity index (χ2v) is 5.01. The van der Waals surface area contributed by atoms with Crippen LogP contribution in [0.15, 0.2) is 18.3 Å². The minimum Gasteiger partial charge on any atom is -0.477 e. The molecule has 1 aromatic rings. The molecule has 4 heteroatoms. The largest absolute Gasteiger partial charge is 0.477 e. The summed E-state index contributed by atoms with van der Waals surface area (Å²) >= 11 is 0. The van der Waals surface area contributed by atoms with E-state index in [0.717, 1.165) is 6.04 Å². The molecular weight excluding hydrogens is 219 g/mol. The molecule has 0 aliphatic carbocycles. The molecule has 1 N–H and O–H groups in total. The summed E-state index contributed by atoms with van der Waals surface area (Å²) in [5.74, 6) is 0.766. The zero-order valence-corrected chi connectivity index (χ0v) is 9.73. The predicted octanol–water partition coefficient (Wildman–Crippen LogP) is 2.13. The van der Waals surface area contributed by atoms with E-state index in [4.69, 9.17) is 4.74 Å². The number of nitrogens with zero attached hydrogens (tertiary/aromatic N) is 1. The van der Waals surface area contributed by atoms with E-state index in [1.165, 1.54) is 37.9 Å². The Hall–Kier alpha value is -1.16. The van der Waals surface area contributed by atoms with Gasteiger partial charge in [0.15, 0.2) is 0 Å². The summed E-state index contributed by atoms with van der Waals surface area (Å²) in [4.78, 5) is 3.91. The number of nitrogens with one attached hydrogen (secondary N) is 1. The Balaban J connectivity index is 1.55. The molecule has 2 bridgehead atoms. The van der Waals surface area contributed by atoms with Gasteiger partial charge in [0.05, 0.1) is 12.8 Å². The summed E-state index contributed by atoms with van der Waals surface area (Å²) in [7, 11) is 0.